The average Bonchev–Trinajstić information content (AvgIpc) is 2.83. The lowest BCUT2D eigenvalue weighted by Crippen LogP contribution is -2.69. The van der Waals surface area contributed by atoms with E-state index in [1.165, 1.54) is 23.9 Å². The fraction of sp³-hybridized carbons (Fsp3) is 0.571. The van der Waals surface area contributed by atoms with Crippen LogP contribution in [0.2, 0.25) is 0 Å². The van der Waals surface area contributed by atoms with Crippen molar-refractivity contribution in [3.05, 3.63) is 29.8 Å². The first-order valence-corrected chi connectivity index (χ1v) is 12.3. The van der Waals surface area contributed by atoms with Crippen LogP contribution in [0.15, 0.2) is 29.2 Å². The van der Waals surface area contributed by atoms with Crippen LogP contribution in [0.5, 0.6) is 0 Å². The number of benzene rings is 1. The minimum absolute atomic E-state index is 0.149. The predicted molar refractivity (Wildman–Crippen MR) is 116 cm³/mol. The third-order valence-corrected chi connectivity index (χ3v) is 8.13. The van der Waals surface area contributed by atoms with Gasteiger partial charge in [-0.3, -0.25) is 14.5 Å². The maximum atomic E-state index is 13.3. The predicted octanol–water partition coefficient (Wildman–Crippen LogP) is 2.57. The number of thioether (sulfide) groups is 1. The lowest BCUT2D eigenvalue weighted by atomic mass is 9.93. The summed E-state index contributed by atoms with van der Waals surface area (Å²) in [6, 6.07) is 5.91. The Bertz CT molecular complexity index is 1040. The first-order chi connectivity index (χ1) is 14.6. The molecule has 0 radical (unpaired) electrons. The van der Waals surface area contributed by atoms with Crippen molar-refractivity contribution >= 4 is 39.7 Å². The highest BCUT2D eigenvalue weighted by molar-refractivity contribution is 8.01. The van der Waals surface area contributed by atoms with Gasteiger partial charge in [-0.1, -0.05) is 17.7 Å². The molecule has 176 valence electrons. The van der Waals surface area contributed by atoms with E-state index < -0.39 is 56.0 Å². The Morgan fingerprint density at radius 2 is 1.75 bits per heavy atom. The van der Waals surface area contributed by atoms with Crippen LogP contribution >= 0.6 is 11.8 Å². The van der Waals surface area contributed by atoms with E-state index >= 15 is 0 Å². The van der Waals surface area contributed by atoms with Gasteiger partial charge >= 0.3 is 11.9 Å². The highest BCUT2D eigenvalue weighted by atomic mass is 32.2. The molecule has 11 heteroatoms. The molecule has 3 rings (SSSR count). The highest BCUT2D eigenvalue weighted by Gasteiger charge is 2.73. The van der Waals surface area contributed by atoms with Crippen LogP contribution in [-0.4, -0.2) is 53.8 Å². The average molecular weight is 486 g/mol. The number of amides is 1. The second-order valence-corrected chi connectivity index (χ2v) is 12.6. The van der Waals surface area contributed by atoms with E-state index in [9.17, 15) is 22.8 Å². The zero-order chi connectivity index (χ0) is 24.1. The first kappa shape index (κ1) is 24.5. The Morgan fingerprint density at radius 1 is 1.16 bits per heavy atom. The third-order valence-electron chi connectivity index (χ3n) is 5.30. The fourth-order valence-corrected chi connectivity index (χ4v) is 6.40. The molecule has 32 heavy (non-hydrogen) atoms. The largest absolute Gasteiger partial charge is 0.427 e. The smallest absolute Gasteiger partial charge is 0.365 e. The van der Waals surface area contributed by atoms with Crippen LogP contribution in [0, 0.1) is 12.3 Å². The van der Waals surface area contributed by atoms with Crippen molar-refractivity contribution in [1.29, 1.82) is 0 Å². The molecule has 1 aromatic rings. The van der Waals surface area contributed by atoms with E-state index in [2.05, 4.69) is 0 Å². The molecule has 2 atom stereocenters. The quantitative estimate of drug-likeness (QED) is 0.259. The number of carbonyl (C=O) groups excluding carboxylic acids is 3. The van der Waals surface area contributed by atoms with Gasteiger partial charge in [0, 0.05) is 0 Å². The molecule has 9 nitrogen and oxygen atoms in total. The fourth-order valence-electron chi connectivity index (χ4n) is 3.45. The highest BCUT2D eigenvalue weighted by Crippen LogP contribution is 2.58. The van der Waals surface area contributed by atoms with E-state index in [1.807, 2.05) is 0 Å². The van der Waals surface area contributed by atoms with Crippen LogP contribution in [0.4, 0.5) is 0 Å². The van der Waals surface area contributed by atoms with Crippen LogP contribution in [0.3, 0.4) is 0 Å². The number of rotatable bonds is 6. The molecule has 0 aliphatic carbocycles. The zero-order valence-corrected chi connectivity index (χ0v) is 20.5. The minimum atomic E-state index is -4.46. The molecule has 2 aliphatic rings. The summed E-state index contributed by atoms with van der Waals surface area (Å²) >= 11 is 1.25. The molecule has 2 aliphatic heterocycles. The van der Waals surface area contributed by atoms with Gasteiger partial charge in [0.2, 0.25) is 12.7 Å². The molecule has 0 aromatic heterocycles. The number of nitrogens with zero attached hydrogens (tertiary/aromatic N) is 1. The normalized spacial score (nSPS) is 24.5. The van der Waals surface area contributed by atoms with E-state index in [1.54, 1.807) is 53.7 Å². The van der Waals surface area contributed by atoms with Crippen molar-refractivity contribution in [3.63, 3.8) is 0 Å². The summed E-state index contributed by atoms with van der Waals surface area (Å²) < 4.78 is 40.8. The number of esters is 2. The topological polar surface area (TPSA) is 116 Å². The second-order valence-electron chi connectivity index (χ2n) is 9.28. The minimum Gasteiger partial charge on any atom is -0.427 e. The molecular weight excluding hydrogens is 458 g/mol. The summed E-state index contributed by atoms with van der Waals surface area (Å²) in [5.41, 5.74) is -2.24. The molecule has 0 N–H and O–H groups in total. The van der Waals surface area contributed by atoms with Gasteiger partial charge in [-0.15, -0.1) is 11.8 Å². The van der Waals surface area contributed by atoms with Crippen molar-refractivity contribution in [2.45, 2.75) is 68.7 Å². The lowest BCUT2D eigenvalue weighted by Gasteiger charge is -2.45. The molecule has 2 heterocycles. The van der Waals surface area contributed by atoms with E-state index in [4.69, 9.17) is 13.7 Å². The molecule has 0 bridgehead atoms. The Morgan fingerprint density at radius 3 is 2.28 bits per heavy atom. The second kappa shape index (κ2) is 8.03. The summed E-state index contributed by atoms with van der Waals surface area (Å²) in [4.78, 5) is 38.7. The van der Waals surface area contributed by atoms with Crippen molar-refractivity contribution in [2.75, 3.05) is 6.79 Å². The van der Waals surface area contributed by atoms with Crippen LogP contribution < -0.4 is 0 Å². The molecule has 2 saturated heterocycles. The maximum Gasteiger partial charge on any atom is 0.365 e. The summed E-state index contributed by atoms with van der Waals surface area (Å²) in [5, 5.41) is -0.435. The van der Waals surface area contributed by atoms with Crippen molar-refractivity contribution in [2.24, 2.45) is 5.41 Å². The van der Waals surface area contributed by atoms with Gasteiger partial charge < -0.3 is 9.47 Å². The number of fused-ring (bicyclic) bond motifs is 1. The number of hydrogen-bond donors (Lipinski definition) is 0. The number of carbonyl (C=O) groups is 3. The molecule has 0 saturated carbocycles. The van der Waals surface area contributed by atoms with Crippen LogP contribution in [0.1, 0.15) is 46.6 Å². The van der Waals surface area contributed by atoms with Crippen LogP contribution in [0.25, 0.3) is 0 Å². The monoisotopic (exact) mass is 485 g/mol. The molecule has 2 fully saturated rings. The molecule has 0 unspecified atom stereocenters. The summed E-state index contributed by atoms with van der Waals surface area (Å²) in [5.74, 6) is -2.16. The number of hydrogen-bond acceptors (Lipinski definition) is 9. The summed E-state index contributed by atoms with van der Waals surface area (Å²) in [6.45, 7) is 9.18. The van der Waals surface area contributed by atoms with E-state index in [-0.39, 0.29) is 11.3 Å². The Kier molecular flexibility index (Phi) is 6.16. The van der Waals surface area contributed by atoms with Crippen molar-refractivity contribution < 1.29 is 36.5 Å². The van der Waals surface area contributed by atoms with E-state index in [0.717, 1.165) is 10.5 Å². The molecule has 0 spiro atoms. The Hall–Kier alpha value is -2.11. The van der Waals surface area contributed by atoms with Crippen molar-refractivity contribution in [1.82, 2.24) is 4.90 Å². The molecular formula is C21H27NO8S2. The molecule has 1 amide bonds. The Labute approximate surface area is 191 Å². The standard InChI is InChI=1S/C21H27NO8S2/c1-13-7-9-14(10-8-13)32(26,27)30-21(18(25)29-12-28-17(24)19(2,3)4)20(5,6)31-16-11-15(23)22(16)21/h7-10,16H,11-12H2,1-6H3/t16-,21-/m1/s1. The van der Waals surface area contributed by atoms with Crippen LogP contribution in [-0.2, 0) is 38.2 Å². The maximum absolute atomic E-state index is 13.3. The van der Waals surface area contributed by atoms with Gasteiger partial charge in [0.15, 0.2) is 0 Å². The van der Waals surface area contributed by atoms with Gasteiger partial charge in [0.05, 0.1) is 26.9 Å². The Balaban J connectivity index is 1.94. The third kappa shape index (κ3) is 4.13. The van der Waals surface area contributed by atoms with Crippen molar-refractivity contribution in [3.8, 4) is 0 Å². The lowest BCUT2D eigenvalue weighted by molar-refractivity contribution is -0.208. The number of aryl methyl sites for hydroxylation is 1. The molecule has 1 aromatic carbocycles. The SMILES string of the molecule is Cc1ccc(S(=O)(=O)O[C@@]2(C(=O)OCOC(=O)C(C)(C)C)N3C(=O)C[C@H]3SC2(C)C)cc1. The number of ether oxygens (including phenoxy) is 2. The van der Waals surface area contributed by atoms with Gasteiger partial charge in [-0.25, -0.2) is 8.98 Å². The summed E-state index contributed by atoms with van der Waals surface area (Å²) in [7, 11) is -4.46. The first-order valence-electron chi connectivity index (χ1n) is 9.98. The van der Waals surface area contributed by atoms with Gasteiger partial charge in [0.25, 0.3) is 15.8 Å². The van der Waals surface area contributed by atoms with Gasteiger partial charge in [-0.05, 0) is 53.7 Å². The number of β-lactam (4-membered cyclic amide) rings is 1. The zero-order valence-electron chi connectivity index (χ0n) is 18.8. The van der Waals surface area contributed by atoms with E-state index in [0.29, 0.717) is 0 Å². The summed E-state index contributed by atoms with van der Waals surface area (Å²) in [6.07, 6.45) is 0.149. The van der Waals surface area contributed by atoms with Gasteiger partial charge in [-0.2, -0.15) is 8.42 Å². The van der Waals surface area contributed by atoms with Gasteiger partial charge in [0.1, 0.15) is 0 Å².